The summed E-state index contributed by atoms with van der Waals surface area (Å²) in [4.78, 5) is 135. The minimum absolute atomic E-state index is 0.00463. The predicted octanol–water partition coefficient (Wildman–Crippen LogP) is 6.23. The summed E-state index contributed by atoms with van der Waals surface area (Å²) < 4.78 is 23.7. The van der Waals surface area contributed by atoms with Gasteiger partial charge in [-0.3, -0.25) is 24.0 Å². The van der Waals surface area contributed by atoms with Crippen LogP contribution in [-0.2, 0) is 95.6 Å². The normalized spacial score (nSPS) is 9.90. The summed E-state index contributed by atoms with van der Waals surface area (Å²) >= 11 is 0. The predicted molar refractivity (Wildman–Crippen MR) is 219 cm³/mol. The molecular weight excluding hydrogens is 836 g/mol. The first-order chi connectivity index (χ1) is 29.6. The SMILES string of the molecule is CCC(C)C(=O)OC.CCCCOC(=O)C(C)CCCC.CCCOC(=O)C(C)CCC.CCOC(=O)C(C)CC.COC(=O)C(C)C.O=C=O.O=C=O.O=C=O.O=C=O.O=C=O. The van der Waals surface area contributed by atoms with E-state index in [0.717, 1.165) is 64.2 Å². The third-order valence-corrected chi connectivity index (χ3v) is 6.90. The zero-order valence-corrected chi connectivity index (χ0v) is 40.2. The van der Waals surface area contributed by atoms with Gasteiger partial charge in [-0.25, -0.2) is 0 Å². The van der Waals surface area contributed by atoms with Crippen LogP contribution in [0.5, 0.6) is 0 Å². The van der Waals surface area contributed by atoms with Crippen molar-refractivity contribution < 1.29 is 95.6 Å². The van der Waals surface area contributed by atoms with Crippen LogP contribution in [0.25, 0.3) is 0 Å². The first kappa shape index (κ1) is 81.1. The molecule has 0 aliphatic heterocycles. The second-order valence-electron chi connectivity index (χ2n) is 12.4. The van der Waals surface area contributed by atoms with Gasteiger partial charge in [-0.15, -0.1) is 0 Å². The van der Waals surface area contributed by atoms with Crippen LogP contribution in [0.4, 0.5) is 0 Å². The molecule has 0 saturated carbocycles. The highest BCUT2D eigenvalue weighted by molar-refractivity contribution is 5.73. The zero-order chi connectivity index (χ0) is 52.0. The Morgan fingerprint density at radius 3 is 0.937 bits per heavy atom. The van der Waals surface area contributed by atoms with E-state index in [9.17, 15) is 24.0 Å². The average Bonchev–Trinajstić information content (AvgIpc) is 3.25. The van der Waals surface area contributed by atoms with E-state index in [1.54, 1.807) is 13.8 Å². The van der Waals surface area contributed by atoms with E-state index >= 15 is 0 Å². The molecule has 0 aliphatic rings. The number of methoxy groups -OCH3 is 2. The van der Waals surface area contributed by atoms with Gasteiger partial charge < -0.3 is 23.7 Å². The Hall–Kier alpha value is -5.75. The van der Waals surface area contributed by atoms with Gasteiger partial charge in [0.2, 0.25) is 0 Å². The molecule has 4 atom stereocenters. The van der Waals surface area contributed by atoms with Crippen molar-refractivity contribution in [2.24, 2.45) is 29.6 Å². The molecule has 0 bridgehead atoms. The molecule has 0 radical (unpaired) electrons. The molecule has 4 unspecified atom stereocenters. The Kier molecular flexibility index (Phi) is 99.1. The number of rotatable bonds is 18. The summed E-state index contributed by atoms with van der Waals surface area (Å²) in [5.74, 6) is -0.151. The second-order valence-corrected chi connectivity index (χ2v) is 12.4. The highest BCUT2D eigenvalue weighted by Crippen LogP contribution is 2.10. The molecule has 0 aromatic carbocycles. The van der Waals surface area contributed by atoms with Gasteiger partial charge in [0, 0.05) is 0 Å². The van der Waals surface area contributed by atoms with Crippen molar-refractivity contribution in [3.8, 4) is 0 Å². The lowest BCUT2D eigenvalue weighted by Crippen LogP contribution is -2.15. The standard InChI is InChI=1S/C11H22O2.C9H18O2.C7H14O2.C6H12O2.C5H10O2.5CO2/c1-4-6-8-10(3)11(12)13-9-7-5-2;1-4-6-8(3)9(10)11-7-5-2;1-4-6(3)7(8)9-5-2;1-4-5(2)6(7)8-3;1-4(2)5(6)7-3;5*2-1-3/h10H,4-9H2,1-3H3;8H,4-7H2,1-3H3;6H,4-5H2,1-3H3;5H,4H2,1-3H3;4H,1-3H3;;;;;. The summed E-state index contributed by atoms with van der Waals surface area (Å²) in [6, 6.07) is 0. The molecule has 63 heavy (non-hydrogen) atoms. The molecule has 20 heteroatoms. The molecule has 0 aromatic heterocycles. The van der Waals surface area contributed by atoms with E-state index in [2.05, 4.69) is 30.2 Å². The number of carbonyl (C=O) groups is 5. The van der Waals surface area contributed by atoms with Gasteiger partial charge in [-0.2, -0.15) is 47.9 Å². The van der Waals surface area contributed by atoms with Crippen LogP contribution < -0.4 is 0 Å². The Labute approximate surface area is 373 Å². The van der Waals surface area contributed by atoms with Gasteiger partial charge in [-0.1, -0.05) is 109 Å². The van der Waals surface area contributed by atoms with Crippen LogP contribution in [0.3, 0.4) is 0 Å². The van der Waals surface area contributed by atoms with Crippen molar-refractivity contribution in [3.63, 3.8) is 0 Å². The maximum Gasteiger partial charge on any atom is 0.373 e. The molecule has 0 N–H and O–H groups in total. The maximum atomic E-state index is 11.3. The van der Waals surface area contributed by atoms with Crippen LogP contribution >= 0.6 is 0 Å². The van der Waals surface area contributed by atoms with Crippen molar-refractivity contribution in [3.05, 3.63) is 0 Å². The lowest BCUT2D eigenvalue weighted by molar-refractivity contribution is -0.193. The third kappa shape index (κ3) is 97.3. The molecule has 0 amide bonds. The summed E-state index contributed by atoms with van der Waals surface area (Å²) in [6.07, 6.45) is 11.1. The number of hydrogen-bond donors (Lipinski definition) is 0. The molecule has 0 spiro atoms. The first-order valence-corrected chi connectivity index (χ1v) is 20.3. The largest absolute Gasteiger partial charge is 0.469 e. The van der Waals surface area contributed by atoms with Gasteiger partial charge in [0.25, 0.3) is 0 Å². The van der Waals surface area contributed by atoms with Crippen LogP contribution in [0.15, 0.2) is 0 Å². The highest BCUT2D eigenvalue weighted by Gasteiger charge is 2.13. The Balaban J connectivity index is -0.0000000650. The number of hydrogen-bond acceptors (Lipinski definition) is 20. The number of unbranched alkanes of at least 4 members (excludes halogenated alkanes) is 2. The zero-order valence-electron chi connectivity index (χ0n) is 40.2. The van der Waals surface area contributed by atoms with Gasteiger partial charge in [-0.05, 0) is 45.4 Å². The lowest BCUT2D eigenvalue weighted by atomic mass is 10.1. The van der Waals surface area contributed by atoms with Crippen LogP contribution in [0.1, 0.15) is 154 Å². The van der Waals surface area contributed by atoms with Crippen LogP contribution in [0.2, 0.25) is 0 Å². The maximum absolute atomic E-state index is 11.3. The summed E-state index contributed by atoms with van der Waals surface area (Å²) in [5.41, 5.74) is 0. The van der Waals surface area contributed by atoms with Gasteiger partial charge in [0.15, 0.2) is 0 Å². The van der Waals surface area contributed by atoms with Crippen LogP contribution in [-0.4, -0.2) is 94.6 Å². The molecule has 0 rings (SSSR count). The molecule has 0 aliphatic carbocycles. The van der Waals surface area contributed by atoms with E-state index in [4.69, 9.17) is 62.2 Å². The summed E-state index contributed by atoms with van der Waals surface area (Å²) in [5, 5.41) is 0. The fourth-order valence-electron chi connectivity index (χ4n) is 3.04. The lowest BCUT2D eigenvalue weighted by Gasteiger charge is -2.10. The van der Waals surface area contributed by atoms with Crippen molar-refractivity contribution in [1.82, 2.24) is 0 Å². The Morgan fingerprint density at radius 1 is 0.381 bits per heavy atom. The minimum atomic E-state index is -0.153. The number of carbonyl (C=O) groups excluding carboxylic acids is 15. The van der Waals surface area contributed by atoms with Gasteiger partial charge >= 0.3 is 60.6 Å². The molecule has 0 heterocycles. The highest BCUT2D eigenvalue weighted by atomic mass is 16.5. The fraction of sp³-hybridized carbons (Fsp3) is 0.767. The smallest absolute Gasteiger partial charge is 0.373 e. The van der Waals surface area contributed by atoms with E-state index in [-0.39, 0.29) is 90.2 Å². The fourth-order valence-corrected chi connectivity index (χ4v) is 3.04. The van der Waals surface area contributed by atoms with Gasteiger partial charge in [0.1, 0.15) is 0 Å². The quantitative estimate of drug-likeness (QED) is 0.0835. The molecular formula is C43H76O20. The topological polar surface area (TPSA) is 302 Å². The molecule has 0 fully saturated rings. The molecule has 0 aromatic rings. The van der Waals surface area contributed by atoms with E-state index in [1.165, 1.54) is 14.2 Å². The Morgan fingerprint density at radius 2 is 0.698 bits per heavy atom. The van der Waals surface area contributed by atoms with E-state index in [1.807, 2.05) is 55.4 Å². The van der Waals surface area contributed by atoms with E-state index < -0.39 is 0 Å². The molecule has 368 valence electrons. The van der Waals surface area contributed by atoms with Crippen molar-refractivity contribution in [1.29, 1.82) is 0 Å². The minimum Gasteiger partial charge on any atom is -0.469 e. The average molecular weight is 913 g/mol. The van der Waals surface area contributed by atoms with Crippen molar-refractivity contribution >= 4 is 60.6 Å². The summed E-state index contributed by atoms with van der Waals surface area (Å²) in [7, 11) is 2.80. The summed E-state index contributed by atoms with van der Waals surface area (Å²) in [6.45, 7) is 26.9. The van der Waals surface area contributed by atoms with Crippen LogP contribution in [0, 0.1) is 29.6 Å². The Bertz CT molecular complexity index is 1130. The van der Waals surface area contributed by atoms with Gasteiger partial charge in [0.05, 0.1) is 63.6 Å². The monoisotopic (exact) mass is 912 g/mol. The molecule has 0 saturated heterocycles. The second kappa shape index (κ2) is 76.9. The third-order valence-electron chi connectivity index (χ3n) is 6.90. The first-order valence-electron chi connectivity index (χ1n) is 20.3. The van der Waals surface area contributed by atoms with Crippen molar-refractivity contribution in [2.45, 2.75) is 154 Å². The van der Waals surface area contributed by atoms with E-state index in [0.29, 0.717) is 19.8 Å². The number of esters is 5. The number of ether oxygens (including phenoxy) is 5. The molecule has 20 nitrogen and oxygen atoms in total. The van der Waals surface area contributed by atoms with Crippen molar-refractivity contribution in [2.75, 3.05) is 34.0 Å².